The minimum Gasteiger partial charge on any atom is -0.480 e. The Hall–Kier alpha value is -4.13. The fraction of sp³-hybridized carbons (Fsp3) is 0.300. The smallest absolute Gasteiger partial charge is 0.265 e. The summed E-state index contributed by atoms with van der Waals surface area (Å²) in [6.45, 7) is 0.471. The summed E-state index contributed by atoms with van der Waals surface area (Å²) in [5.41, 5.74) is 3.73. The van der Waals surface area contributed by atoms with Gasteiger partial charge in [0.1, 0.15) is 5.75 Å². The van der Waals surface area contributed by atoms with Crippen molar-refractivity contribution in [3.63, 3.8) is 0 Å². The maximum Gasteiger partial charge on any atom is 0.265 e. The third-order valence-corrected chi connectivity index (χ3v) is 7.05. The molecule has 0 spiro atoms. The summed E-state index contributed by atoms with van der Waals surface area (Å²) < 4.78 is 5.80. The molecule has 0 saturated heterocycles. The summed E-state index contributed by atoms with van der Waals surface area (Å²) in [5, 5.41) is 5.91. The van der Waals surface area contributed by atoms with E-state index in [4.69, 9.17) is 4.74 Å². The molecule has 0 aromatic heterocycles. The first-order chi connectivity index (χ1) is 18.0. The highest BCUT2D eigenvalue weighted by molar-refractivity contribution is 5.99. The molecule has 1 heterocycles. The van der Waals surface area contributed by atoms with Crippen LogP contribution in [-0.2, 0) is 17.8 Å². The minimum atomic E-state index is -0.589. The van der Waals surface area contributed by atoms with Crippen molar-refractivity contribution >= 4 is 23.4 Å². The van der Waals surface area contributed by atoms with Gasteiger partial charge in [0.15, 0.2) is 6.10 Å². The van der Waals surface area contributed by atoms with Crippen LogP contribution >= 0.6 is 0 Å². The Morgan fingerprint density at radius 2 is 1.65 bits per heavy atom. The van der Waals surface area contributed by atoms with Gasteiger partial charge in [-0.05, 0) is 73.2 Å². The summed E-state index contributed by atoms with van der Waals surface area (Å²) in [5.74, 6) is 0.391. The number of rotatable bonds is 8. The second-order valence-corrected chi connectivity index (χ2v) is 10.1. The molecule has 0 bridgehead atoms. The van der Waals surface area contributed by atoms with Crippen LogP contribution in [0.2, 0.25) is 0 Å². The second kappa shape index (κ2) is 9.73. The number of carbonyl (C=O) groups is 3. The molecule has 37 heavy (non-hydrogen) atoms. The highest BCUT2D eigenvalue weighted by Crippen LogP contribution is 2.31. The van der Waals surface area contributed by atoms with Crippen molar-refractivity contribution in [2.45, 2.75) is 56.8 Å². The molecule has 1 unspecified atom stereocenters. The van der Waals surface area contributed by atoms with Crippen molar-refractivity contribution in [3.8, 4) is 5.75 Å². The SMILES string of the molecule is O=C(NC1CC1)c1ccc(CN(C(=O)c2cccc(NC(=O)C3Cc4ccccc4O3)c2)C2CC2)cc1. The molecule has 188 valence electrons. The maximum atomic E-state index is 13.5. The van der Waals surface area contributed by atoms with E-state index in [2.05, 4.69) is 10.6 Å². The van der Waals surface area contributed by atoms with Gasteiger partial charge in [0.2, 0.25) is 0 Å². The summed E-state index contributed by atoms with van der Waals surface area (Å²) in [6, 6.07) is 22.7. The molecular weight excluding hydrogens is 466 g/mol. The third-order valence-electron chi connectivity index (χ3n) is 7.05. The van der Waals surface area contributed by atoms with E-state index in [1.54, 1.807) is 24.3 Å². The van der Waals surface area contributed by atoms with Crippen molar-refractivity contribution in [3.05, 3.63) is 95.1 Å². The Balaban J connectivity index is 1.11. The van der Waals surface area contributed by atoms with E-state index in [1.807, 2.05) is 53.4 Å². The largest absolute Gasteiger partial charge is 0.480 e. The van der Waals surface area contributed by atoms with Gasteiger partial charge in [0.05, 0.1) is 0 Å². The van der Waals surface area contributed by atoms with Crippen molar-refractivity contribution in [1.29, 1.82) is 0 Å². The van der Waals surface area contributed by atoms with Crippen LogP contribution in [0.3, 0.4) is 0 Å². The molecule has 1 aliphatic heterocycles. The lowest BCUT2D eigenvalue weighted by Gasteiger charge is -2.23. The summed E-state index contributed by atoms with van der Waals surface area (Å²) in [4.78, 5) is 40.5. The Labute approximate surface area is 215 Å². The predicted molar refractivity (Wildman–Crippen MR) is 139 cm³/mol. The molecule has 3 aromatic rings. The van der Waals surface area contributed by atoms with Gasteiger partial charge < -0.3 is 20.3 Å². The monoisotopic (exact) mass is 495 g/mol. The van der Waals surface area contributed by atoms with Gasteiger partial charge in [-0.1, -0.05) is 36.4 Å². The van der Waals surface area contributed by atoms with E-state index >= 15 is 0 Å². The number of nitrogens with one attached hydrogen (secondary N) is 2. The van der Waals surface area contributed by atoms with Gasteiger partial charge in [-0.3, -0.25) is 14.4 Å². The van der Waals surface area contributed by atoms with Crippen molar-refractivity contribution < 1.29 is 19.1 Å². The van der Waals surface area contributed by atoms with Gasteiger partial charge in [-0.15, -0.1) is 0 Å². The zero-order chi connectivity index (χ0) is 25.4. The first kappa shape index (κ1) is 23.3. The van der Waals surface area contributed by atoms with Gasteiger partial charge >= 0.3 is 0 Å². The number of fused-ring (bicyclic) bond motifs is 1. The molecule has 3 amide bonds. The van der Waals surface area contributed by atoms with Gasteiger partial charge in [0, 0.05) is 41.9 Å². The molecule has 7 nitrogen and oxygen atoms in total. The normalized spacial score (nSPS) is 17.9. The number of carbonyl (C=O) groups excluding carboxylic acids is 3. The van der Waals surface area contributed by atoms with Gasteiger partial charge in [-0.2, -0.15) is 0 Å². The summed E-state index contributed by atoms with van der Waals surface area (Å²) in [6.07, 6.45) is 3.99. The highest BCUT2D eigenvalue weighted by atomic mass is 16.5. The quantitative estimate of drug-likeness (QED) is 0.487. The van der Waals surface area contributed by atoms with E-state index < -0.39 is 6.10 Å². The number of hydrogen-bond donors (Lipinski definition) is 2. The van der Waals surface area contributed by atoms with Crippen molar-refractivity contribution in [2.24, 2.45) is 0 Å². The van der Waals surface area contributed by atoms with Crippen molar-refractivity contribution in [1.82, 2.24) is 10.2 Å². The molecule has 0 radical (unpaired) electrons. The Bertz CT molecular complexity index is 1320. The number of amides is 3. The average molecular weight is 496 g/mol. The standard InChI is InChI=1S/C30H29N3O4/c34-28(31-23-12-13-23)20-10-8-19(9-11-20)18-33(25-14-15-25)30(36)22-5-3-6-24(16-22)32-29(35)27-17-21-4-1-2-7-26(21)37-27/h1-11,16,23,25,27H,12-15,17-18H2,(H,31,34)(H,32,35). The molecular formula is C30H29N3O4. The summed E-state index contributed by atoms with van der Waals surface area (Å²) >= 11 is 0. The maximum absolute atomic E-state index is 13.5. The third kappa shape index (κ3) is 5.35. The molecule has 1 atom stereocenters. The minimum absolute atomic E-state index is 0.0464. The van der Waals surface area contributed by atoms with Crippen LogP contribution in [-0.4, -0.2) is 40.8 Å². The van der Waals surface area contributed by atoms with E-state index in [-0.39, 0.29) is 23.8 Å². The molecule has 3 aromatic carbocycles. The van der Waals surface area contributed by atoms with Crippen LogP contribution in [0.4, 0.5) is 5.69 Å². The van der Waals surface area contributed by atoms with Crippen LogP contribution in [0, 0.1) is 0 Å². The van der Waals surface area contributed by atoms with E-state index in [1.165, 1.54) is 0 Å². The number of benzene rings is 3. The number of nitrogens with zero attached hydrogens (tertiary/aromatic N) is 1. The van der Waals surface area contributed by atoms with E-state index in [0.29, 0.717) is 35.8 Å². The van der Waals surface area contributed by atoms with Crippen LogP contribution in [0.25, 0.3) is 0 Å². The molecule has 2 fully saturated rings. The summed E-state index contributed by atoms with van der Waals surface area (Å²) in [7, 11) is 0. The van der Waals surface area contributed by atoms with Crippen LogP contribution in [0.5, 0.6) is 5.75 Å². The lowest BCUT2D eigenvalue weighted by molar-refractivity contribution is -0.122. The first-order valence-corrected chi connectivity index (χ1v) is 12.9. The molecule has 2 aliphatic carbocycles. The average Bonchev–Trinajstić information content (AvgIpc) is 3.86. The van der Waals surface area contributed by atoms with Crippen LogP contribution < -0.4 is 15.4 Å². The lowest BCUT2D eigenvalue weighted by Crippen LogP contribution is -2.33. The fourth-order valence-electron chi connectivity index (χ4n) is 4.65. The van der Waals surface area contributed by atoms with Crippen molar-refractivity contribution in [2.75, 3.05) is 5.32 Å². The number of hydrogen-bond acceptors (Lipinski definition) is 4. The Morgan fingerprint density at radius 1 is 0.865 bits per heavy atom. The molecule has 3 aliphatic rings. The van der Waals surface area contributed by atoms with Crippen LogP contribution in [0.1, 0.15) is 57.5 Å². The van der Waals surface area contributed by atoms with Crippen LogP contribution in [0.15, 0.2) is 72.8 Å². The molecule has 6 rings (SSSR count). The predicted octanol–water partition coefficient (Wildman–Crippen LogP) is 4.33. The number of para-hydroxylation sites is 1. The van der Waals surface area contributed by atoms with Gasteiger partial charge in [-0.25, -0.2) is 0 Å². The van der Waals surface area contributed by atoms with E-state index in [0.717, 1.165) is 42.6 Å². The molecule has 2 N–H and O–H groups in total. The molecule has 2 saturated carbocycles. The zero-order valence-corrected chi connectivity index (χ0v) is 20.5. The van der Waals surface area contributed by atoms with Gasteiger partial charge in [0.25, 0.3) is 17.7 Å². The Kier molecular flexibility index (Phi) is 6.12. The topological polar surface area (TPSA) is 87.7 Å². The zero-order valence-electron chi connectivity index (χ0n) is 20.5. The second-order valence-electron chi connectivity index (χ2n) is 10.1. The Morgan fingerprint density at radius 3 is 2.38 bits per heavy atom. The van der Waals surface area contributed by atoms with E-state index in [9.17, 15) is 14.4 Å². The fourth-order valence-corrected chi connectivity index (χ4v) is 4.65. The number of anilines is 1. The highest BCUT2D eigenvalue weighted by Gasteiger charge is 2.34. The molecule has 7 heteroatoms. The number of ether oxygens (including phenoxy) is 1. The lowest BCUT2D eigenvalue weighted by atomic mass is 10.1. The first-order valence-electron chi connectivity index (χ1n) is 12.9.